The number of hydrogen-bond acceptors (Lipinski definition) is 4. The van der Waals surface area contributed by atoms with E-state index in [0.717, 1.165) is 11.1 Å². The minimum atomic E-state index is -0.316. The maximum Gasteiger partial charge on any atom is 0.230 e. The Balaban J connectivity index is 1.55. The van der Waals surface area contributed by atoms with Crippen LogP contribution in [0.4, 0.5) is 8.78 Å². The zero-order valence-corrected chi connectivity index (χ0v) is 14.8. The summed E-state index contributed by atoms with van der Waals surface area (Å²) in [5.41, 5.74) is 1.57. The van der Waals surface area contributed by atoms with Crippen molar-refractivity contribution in [3.63, 3.8) is 0 Å². The molecule has 0 bridgehead atoms. The lowest BCUT2D eigenvalue weighted by molar-refractivity contribution is -0.118. The molecule has 0 aliphatic rings. The fourth-order valence-electron chi connectivity index (χ4n) is 2.27. The van der Waals surface area contributed by atoms with Gasteiger partial charge in [-0.3, -0.25) is 4.79 Å². The van der Waals surface area contributed by atoms with Crippen LogP contribution in [0, 0.1) is 11.6 Å². The molecule has 5 nitrogen and oxygen atoms in total. The number of halogens is 2. The minimum absolute atomic E-state index is 0.161. The highest BCUT2D eigenvalue weighted by atomic mass is 32.2. The molecule has 3 rings (SSSR count). The van der Waals surface area contributed by atoms with E-state index in [1.165, 1.54) is 36.0 Å². The minimum Gasteiger partial charge on any atom is -0.351 e. The lowest BCUT2D eigenvalue weighted by Gasteiger charge is -2.06. The number of benzene rings is 2. The van der Waals surface area contributed by atoms with Crippen molar-refractivity contribution in [1.82, 2.24) is 20.1 Å². The summed E-state index contributed by atoms with van der Waals surface area (Å²) in [5, 5.41) is 11.5. The van der Waals surface area contributed by atoms with Gasteiger partial charge in [-0.05, 0) is 42.0 Å². The summed E-state index contributed by atoms with van der Waals surface area (Å²) in [5.74, 6) is -0.0144. The van der Waals surface area contributed by atoms with E-state index in [1.807, 2.05) is 0 Å². The smallest absolute Gasteiger partial charge is 0.230 e. The molecule has 0 aliphatic carbocycles. The lowest BCUT2D eigenvalue weighted by atomic mass is 10.2. The first kappa shape index (κ1) is 18.1. The maximum absolute atomic E-state index is 13.0. The first-order chi connectivity index (χ1) is 12.5. The third kappa shape index (κ3) is 4.45. The van der Waals surface area contributed by atoms with E-state index < -0.39 is 0 Å². The van der Waals surface area contributed by atoms with Crippen LogP contribution in [-0.2, 0) is 18.4 Å². The molecular formula is C18H16F2N4OS. The largest absolute Gasteiger partial charge is 0.351 e. The standard InChI is InChI=1S/C18H16F2N4OS/c1-24-17(13-4-8-15(20)9-5-13)22-23-18(24)26-11-16(25)21-10-12-2-6-14(19)7-3-12/h2-9H,10-11H2,1H3,(H,21,25). The Morgan fingerprint density at radius 3 is 2.31 bits per heavy atom. The van der Waals surface area contributed by atoms with Gasteiger partial charge in [0.2, 0.25) is 5.91 Å². The SMILES string of the molecule is Cn1c(SCC(=O)NCc2ccc(F)cc2)nnc1-c1ccc(F)cc1. The van der Waals surface area contributed by atoms with Crippen LogP contribution in [0.1, 0.15) is 5.56 Å². The molecule has 2 aromatic carbocycles. The van der Waals surface area contributed by atoms with E-state index in [9.17, 15) is 13.6 Å². The second-order valence-corrected chi connectivity index (χ2v) is 6.51. The number of carbonyl (C=O) groups is 1. The number of amides is 1. The van der Waals surface area contributed by atoms with Gasteiger partial charge in [0.25, 0.3) is 0 Å². The van der Waals surface area contributed by atoms with Gasteiger partial charge in [0.15, 0.2) is 11.0 Å². The zero-order valence-electron chi connectivity index (χ0n) is 13.9. The van der Waals surface area contributed by atoms with Crippen molar-refractivity contribution in [2.75, 3.05) is 5.75 Å². The second-order valence-electron chi connectivity index (χ2n) is 5.56. The Hall–Kier alpha value is -2.74. The maximum atomic E-state index is 13.0. The van der Waals surface area contributed by atoms with Crippen LogP contribution < -0.4 is 5.32 Å². The summed E-state index contributed by atoms with van der Waals surface area (Å²) in [7, 11) is 1.79. The van der Waals surface area contributed by atoms with Gasteiger partial charge in [-0.2, -0.15) is 0 Å². The van der Waals surface area contributed by atoms with Gasteiger partial charge in [0.05, 0.1) is 5.75 Å². The van der Waals surface area contributed by atoms with Gasteiger partial charge in [0, 0.05) is 19.2 Å². The molecule has 8 heteroatoms. The van der Waals surface area contributed by atoms with E-state index in [-0.39, 0.29) is 23.3 Å². The predicted molar refractivity (Wildman–Crippen MR) is 95.4 cm³/mol. The molecule has 0 saturated heterocycles. The van der Waals surface area contributed by atoms with Crippen LogP contribution in [-0.4, -0.2) is 26.4 Å². The topological polar surface area (TPSA) is 59.8 Å². The molecule has 0 fully saturated rings. The molecule has 1 amide bonds. The summed E-state index contributed by atoms with van der Waals surface area (Å²) in [6.07, 6.45) is 0. The van der Waals surface area contributed by atoms with E-state index in [4.69, 9.17) is 0 Å². The highest BCUT2D eigenvalue weighted by Gasteiger charge is 2.13. The average molecular weight is 374 g/mol. The number of carbonyl (C=O) groups excluding carboxylic acids is 1. The van der Waals surface area contributed by atoms with Crippen LogP contribution in [0.3, 0.4) is 0 Å². The Morgan fingerprint density at radius 1 is 1.04 bits per heavy atom. The first-order valence-electron chi connectivity index (χ1n) is 7.82. The number of aromatic nitrogens is 3. The Morgan fingerprint density at radius 2 is 1.65 bits per heavy atom. The Labute approximate surface area is 153 Å². The van der Waals surface area contributed by atoms with Crippen LogP contribution in [0.5, 0.6) is 0 Å². The highest BCUT2D eigenvalue weighted by Crippen LogP contribution is 2.22. The van der Waals surface area contributed by atoms with Gasteiger partial charge < -0.3 is 9.88 Å². The quantitative estimate of drug-likeness (QED) is 0.674. The van der Waals surface area contributed by atoms with Gasteiger partial charge in [-0.1, -0.05) is 23.9 Å². The van der Waals surface area contributed by atoms with Crippen LogP contribution >= 0.6 is 11.8 Å². The third-order valence-electron chi connectivity index (χ3n) is 3.67. The zero-order chi connectivity index (χ0) is 18.5. The monoisotopic (exact) mass is 374 g/mol. The first-order valence-corrected chi connectivity index (χ1v) is 8.81. The molecule has 0 atom stereocenters. The lowest BCUT2D eigenvalue weighted by Crippen LogP contribution is -2.24. The number of rotatable bonds is 6. The van der Waals surface area contributed by atoms with Crippen molar-refractivity contribution in [2.45, 2.75) is 11.7 Å². The summed E-state index contributed by atoms with van der Waals surface area (Å²) in [6, 6.07) is 11.9. The number of nitrogens with one attached hydrogen (secondary N) is 1. The molecule has 26 heavy (non-hydrogen) atoms. The van der Waals surface area contributed by atoms with Crippen molar-refractivity contribution in [3.8, 4) is 11.4 Å². The molecule has 0 unspecified atom stereocenters. The fourth-order valence-corrected chi connectivity index (χ4v) is 3.02. The van der Waals surface area contributed by atoms with E-state index in [2.05, 4.69) is 15.5 Å². The van der Waals surface area contributed by atoms with Crippen molar-refractivity contribution in [3.05, 3.63) is 65.7 Å². The molecular weight excluding hydrogens is 358 g/mol. The predicted octanol–water partition coefficient (Wildman–Crippen LogP) is 3.17. The average Bonchev–Trinajstić information content (AvgIpc) is 3.01. The summed E-state index contributed by atoms with van der Waals surface area (Å²) in [4.78, 5) is 12.0. The molecule has 0 saturated carbocycles. The Kier molecular flexibility index (Phi) is 5.62. The summed E-state index contributed by atoms with van der Waals surface area (Å²) < 4.78 is 27.6. The summed E-state index contributed by atoms with van der Waals surface area (Å²) >= 11 is 1.25. The van der Waals surface area contributed by atoms with E-state index in [0.29, 0.717) is 17.5 Å². The van der Waals surface area contributed by atoms with Crippen LogP contribution in [0.25, 0.3) is 11.4 Å². The van der Waals surface area contributed by atoms with Crippen molar-refractivity contribution in [1.29, 1.82) is 0 Å². The van der Waals surface area contributed by atoms with Gasteiger partial charge in [-0.15, -0.1) is 10.2 Å². The molecule has 3 aromatic rings. The molecule has 1 N–H and O–H groups in total. The molecule has 1 heterocycles. The van der Waals surface area contributed by atoms with E-state index >= 15 is 0 Å². The Bertz CT molecular complexity index is 895. The molecule has 0 radical (unpaired) electrons. The van der Waals surface area contributed by atoms with Crippen LogP contribution in [0.15, 0.2) is 53.7 Å². The van der Waals surface area contributed by atoms with Gasteiger partial charge >= 0.3 is 0 Å². The number of hydrogen-bond donors (Lipinski definition) is 1. The summed E-state index contributed by atoms with van der Waals surface area (Å²) in [6.45, 7) is 0.333. The molecule has 0 spiro atoms. The van der Waals surface area contributed by atoms with Gasteiger partial charge in [0.1, 0.15) is 11.6 Å². The highest BCUT2D eigenvalue weighted by molar-refractivity contribution is 7.99. The van der Waals surface area contributed by atoms with E-state index in [1.54, 1.807) is 35.9 Å². The van der Waals surface area contributed by atoms with Crippen molar-refractivity contribution < 1.29 is 13.6 Å². The van der Waals surface area contributed by atoms with Crippen molar-refractivity contribution >= 4 is 17.7 Å². The molecule has 1 aromatic heterocycles. The number of nitrogens with zero attached hydrogens (tertiary/aromatic N) is 3. The normalized spacial score (nSPS) is 10.7. The molecule has 134 valence electrons. The second kappa shape index (κ2) is 8.09. The van der Waals surface area contributed by atoms with Crippen molar-refractivity contribution in [2.24, 2.45) is 7.05 Å². The number of thioether (sulfide) groups is 1. The molecule has 0 aliphatic heterocycles. The van der Waals surface area contributed by atoms with Gasteiger partial charge in [-0.25, -0.2) is 8.78 Å². The van der Waals surface area contributed by atoms with Crippen LogP contribution in [0.2, 0.25) is 0 Å². The third-order valence-corrected chi connectivity index (χ3v) is 4.69. The fraction of sp³-hybridized carbons (Fsp3) is 0.167.